The van der Waals surface area contributed by atoms with Gasteiger partial charge in [0.1, 0.15) is 5.82 Å². The number of hydrogen-bond donors (Lipinski definition) is 2. The molecule has 6 nitrogen and oxygen atoms in total. The van der Waals surface area contributed by atoms with Gasteiger partial charge in [0.2, 0.25) is 5.95 Å². The minimum atomic E-state index is 0.241. The summed E-state index contributed by atoms with van der Waals surface area (Å²) in [6.07, 6.45) is 0.650. The van der Waals surface area contributed by atoms with Crippen LogP contribution in [0.4, 0.5) is 11.8 Å². The molecule has 0 fully saturated rings. The molecule has 2 aromatic rings. The number of nitrogens with two attached hydrogens (primary N) is 1. The summed E-state index contributed by atoms with van der Waals surface area (Å²) in [5, 5.41) is 2.98. The van der Waals surface area contributed by atoms with Gasteiger partial charge in [0.15, 0.2) is 11.5 Å². The van der Waals surface area contributed by atoms with E-state index in [1.807, 2.05) is 12.1 Å². The number of nitrogen functional groups attached to an aromatic ring is 1. The minimum Gasteiger partial charge on any atom is -0.493 e. The van der Waals surface area contributed by atoms with Crippen molar-refractivity contribution in [3.63, 3.8) is 0 Å². The predicted octanol–water partition coefficient (Wildman–Crippen LogP) is 3.96. The molecule has 1 heterocycles. The summed E-state index contributed by atoms with van der Waals surface area (Å²) in [5.41, 5.74) is 10.6. The molecule has 6 heteroatoms. The lowest BCUT2D eigenvalue weighted by molar-refractivity contribution is 0.354. The first-order chi connectivity index (χ1) is 12.3. The molecule has 0 atom stereocenters. The third-order valence-electron chi connectivity index (χ3n) is 4.48. The molecule has 142 valence electrons. The normalized spacial score (nSPS) is 11.1. The molecule has 3 N–H and O–H groups in total. The quantitative estimate of drug-likeness (QED) is 0.780. The average molecular weight is 358 g/mol. The summed E-state index contributed by atoms with van der Waals surface area (Å²) in [6, 6.07) is 4.08. The van der Waals surface area contributed by atoms with Crippen LogP contribution >= 0.6 is 0 Å². The molecule has 0 unspecified atom stereocenters. The van der Waals surface area contributed by atoms with Crippen molar-refractivity contribution in [2.75, 3.05) is 32.3 Å². The summed E-state index contributed by atoms with van der Waals surface area (Å²) in [5.74, 6) is 3.09. The zero-order valence-electron chi connectivity index (χ0n) is 16.8. The minimum absolute atomic E-state index is 0.241. The lowest BCUT2D eigenvalue weighted by Crippen LogP contribution is -2.12. The molecule has 0 bridgehead atoms. The highest BCUT2D eigenvalue weighted by Gasteiger charge is 2.19. The Balaban J connectivity index is 2.61. The molecule has 0 aliphatic rings. The first-order valence-corrected chi connectivity index (χ1v) is 8.91. The summed E-state index contributed by atoms with van der Waals surface area (Å²) >= 11 is 0. The van der Waals surface area contributed by atoms with Crippen LogP contribution in [0.5, 0.6) is 11.5 Å². The van der Waals surface area contributed by atoms with Gasteiger partial charge in [-0.25, -0.2) is 4.98 Å². The smallest absolute Gasteiger partial charge is 0.224 e. The monoisotopic (exact) mass is 358 g/mol. The largest absolute Gasteiger partial charge is 0.493 e. The Bertz CT molecular complexity index is 773. The van der Waals surface area contributed by atoms with E-state index >= 15 is 0 Å². The van der Waals surface area contributed by atoms with Crippen LogP contribution in [0, 0.1) is 0 Å². The molecule has 2 rings (SSSR count). The summed E-state index contributed by atoms with van der Waals surface area (Å²) in [6.45, 7) is 8.56. The maximum atomic E-state index is 6.29. The number of benzene rings is 1. The van der Waals surface area contributed by atoms with E-state index in [-0.39, 0.29) is 5.92 Å². The molecule has 0 saturated carbocycles. The van der Waals surface area contributed by atoms with E-state index < -0.39 is 0 Å². The number of ether oxygens (including phenoxy) is 2. The highest BCUT2D eigenvalue weighted by molar-refractivity contribution is 5.54. The van der Waals surface area contributed by atoms with Crippen molar-refractivity contribution < 1.29 is 9.47 Å². The maximum Gasteiger partial charge on any atom is 0.224 e. The van der Waals surface area contributed by atoms with Crippen LogP contribution < -0.4 is 20.5 Å². The van der Waals surface area contributed by atoms with E-state index in [1.165, 1.54) is 5.56 Å². The second-order valence-corrected chi connectivity index (χ2v) is 6.94. The lowest BCUT2D eigenvalue weighted by atomic mass is 9.90. The fraction of sp³-hybridized carbons (Fsp3) is 0.500. The maximum absolute atomic E-state index is 6.29. The van der Waals surface area contributed by atoms with E-state index in [4.69, 9.17) is 15.2 Å². The third-order valence-corrected chi connectivity index (χ3v) is 4.48. The Hall–Kier alpha value is -2.50. The second kappa shape index (κ2) is 8.25. The number of hydrogen-bond acceptors (Lipinski definition) is 6. The van der Waals surface area contributed by atoms with E-state index in [0.29, 0.717) is 29.9 Å². The number of nitrogens with zero attached hydrogens (tertiary/aromatic N) is 2. The van der Waals surface area contributed by atoms with E-state index in [0.717, 1.165) is 22.6 Å². The van der Waals surface area contributed by atoms with Gasteiger partial charge in [0, 0.05) is 19.0 Å². The van der Waals surface area contributed by atoms with Gasteiger partial charge in [-0.2, -0.15) is 4.98 Å². The van der Waals surface area contributed by atoms with E-state index in [9.17, 15) is 0 Å². The van der Waals surface area contributed by atoms with Crippen molar-refractivity contribution in [1.29, 1.82) is 0 Å². The van der Waals surface area contributed by atoms with Crippen LogP contribution in [0.25, 0.3) is 0 Å². The summed E-state index contributed by atoms with van der Waals surface area (Å²) < 4.78 is 11.0. The van der Waals surface area contributed by atoms with E-state index in [2.05, 4.69) is 43.0 Å². The Morgan fingerprint density at radius 2 is 1.62 bits per heavy atom. The van der Waals surface area contributed by atoms with Gasteiger partial charge < -0.3 is 20.5 Å². The zero-order chi connectivity index (χ0) is 19.4. The Kier molecular flexibility index (Phi) is 6.29. The summed E-state index contributed by atoms with van der Waals surface area (Å²) in [7, 11) is 5.10. The van der Waals surface area contributed by atoms with Crippen molar-refractivity contribution in [3.05, 3.63) is 34.5 Å². The number of rotatable bonds is 7. The highest BCUT2D eigenvalue weighted by Crippen LogP contribution is 2.36. The molecular formula is C20H30N4O2. The highest BCUT2D eigenvalue weighted by atomic mass is 16.5. The Labute approximate surface area is 156 Å². The second-order valence-electron chi connectivity index (χ2n) is 6.94. The van der Waals surface area contributed by atoms with Crippen molar-refractivity contribution in [3.8, 4) is 11.5 Å². The van der Waals surface area contributed by atoms with Gasteiger partial charge >= 0.3 is 0 Å². The molecule has 0 amide bonds. The number of methoxy groups -OCH3 is 2. The van der Waals surface area contributed by atoms with Crippen LogP contribution in [-0.2, 0) is 6.42 Å². The number of aromatic nitrogens is 2. The van der Waals surface area contributed by atoms with Crippen molar-refractivity contribution in [2.45, 2.75) is 46.0 Å². The van der Waals surface area contributed by atoms with Gasteiger partial charge in [-0.15, -0.1) is 0 Å². The number of anilines is 2. The van der Waals surface area contributed by atoms with Crippen LogP contribution in [-0.4, -0.2) is 31.2 Å². The van der Waals surface area contributed by atoms with Crippen LogP contribution in [0.1, 0.15) is 61.9 Å². The molecule has 0 radical (unpaired) electrons. The fourth-order valence-electron chi connectivity index (χ4n) is 3.11. The fourth-order valence-corrected chi connectivity index (χ4v) is 3.11. The molecule has 26 heavy (non-hydrogen) atoms. The first kappa shape index (κ1) is 19.8. The third kappa shape index (κ3) is 4.00. The first-order valence-electron chi connectivity index (χ1n) is 8.91. The van der Waals surface area contributed by atoms with E-state index in [1.54, 1.807) is 21.3 Å². The van der Waals surface area contributed by atoms with Gasteiger partial charge in [-0.3, -0.25) is 0 Å². The SMILES string of the molecule is CNc1nc(N)c(Cc2cc(OC)c(OC)cc2C(C)C)c(C(C)C)n1. The standard InChI is InChI=1S/C20H30N4O2/c1-11(2)14-10-17(26-7)16(25-6)9-13(14)8-15-18(12(3)4)23-20(22-5)24-19(15)21/h9-12H,8H2,1-7H3,(H3,21,22,23,24). The molecule has 0 aliphatic carbocycles. The van der Waals surface area contributed by atoms with Gasteiger partial charge in [0.05, 0.1) is 19.9 Å². The van der Waals surface area contributed by atoms with Crippen molar-refractivity contribution in [2.24, 2.45) is 0 Å². The molecule has 0 spiro atoms. The topological polar surface area (TPSA) is 82.3 Å². The molecule has 1 aromatic carbocycles. The van der Waals surface area contributed by atoms with Crippen LogP contribution in [0.3, 0.4) is 0 Å². The van der Waals surface area contributed by atoms with Crippen molar-refractivity contribution in [1.82, 2.24) is 9.97 Å². The zero-order valence-corrected chi connectivity index (χ0v) is 16.8. The molecule has 0 aliphatic heterocycles. The van der Waals surface area contributed by atoms with Gasteiger partial charge in [0.25, 0.3) is 0 Å². The molecule has 0 saturated heterocycles. The molecule has 1 aromatic heterocycles. The molecular weight excluding hydrogens is 328 g/mol. The van der Waals surface area contributed by atoms with Gasteiger partial charge in [-0.1, -0.05) is 27.7 Å². The Morgan fingerprint density at radius 3 is 2.12 bits per heavy atom. The van der Waals surface area contributed by atoms with Crippen LogP contribution in [0.2, 0.25) is 0 Å². The van der Waals surface area contributed by atoms with Gasteiger partial charge in [-0.05, 0) is 35.1 Å². The Morgan fingerprint density at radius 1 is 1.00 bits per heavy atom. The predicted molar refractivity (Wildman–Crippen MR) is 107 cm³/mol. The summed E-state index contributed by atoms with van der Waals surface area (Å²) in [4.78, 5) is 9.02. The average Bonchev–Trinajstić information content (AvgIpc) is 2.61. The lowest BCUT2D eigenvalue weighted by Gasteiger charge is -2.20. The number of nitrogens with one attached hydrogen (secondary N) is 1. The van der Waals surface area contributed by atoms with Crippen molar-refractivity contribution >= 4 is 11.8 Å². The van der Waals surface area contributed by atoms with Crippen LogP contribution in [0.15, 0.2) is 12.1 Å².